The molecule has 32 heavy (non-hydrogen) atoms. The number of nitrogens with one attached hydrogen (secondary N) is 2. The van der Waals surface area contributed by atoms with Gasteiger partial charge < -0.3 is 15.4 Å². The van der Waals surface area contributed by atoms with Crippen molar-refractivity contribution in [3.05, 3.63) is 54.1 Å². The lowest BCUT2D eigenvalue weighted by molar-refractivity contribution is -0.128. The Morgan fingerprint density at radius 3 is 2.66 bits per heavy atom. The maximum absolute atomic E-state index is 13.0. The normalized spacial score (nSPS) is 15.9. The molecule has 1 saturated carbocycles. The fourth-order valence-electron chi connectivity index (χ4n) is 3.33. The molecular weight excluding hydrogens is 430 g/mol. The van der Waals surface area contributed by atoms with E-state index in [9.17, 15) is 19.2 Å². The van der Waals surface area contributed by atoms with Crippen LogP contribution in [0.4, 0.5) is 11.4 Å². The molecule has 1 atom stereocenters. The van der Waals surface area contributed by atoms with Crippen LogP contribution in [0.1, 0.15) is 30.1 Å². The molecule has 0 bridgehead atoms. The SMILES string of the molecule is CC(OC(=O)c1ccccc1SCC(=O)NC1CC1)C(=O)N1CC(=O)Nc2ccccc21. The lowest BCUT2D eigenvalue weighted by Crippen LogP contribution is -2.47. The zero-order valence-corrected chi connectivity index (χ0v) is 18.3. The summed E-state index contributed by atoms with van der Waals surface area (Å²) in [6.45, 7) is 1.33. The van der Waals surface area contributed by atoms with Gasteiger partial charge in [-0.15, -0.1) is 11.8 Å². The summed E-state index contributed by atoms with van der Waals surface area (Å²) < 4.78 is 5.45. The number of thioether (sulfide) groups is 1. The van der Waals surface area contributed by atoms with E-state index in [-0.39, 0.29) is 35.7 Å². The van der Waals surface area contributed by atoms with Crippen molar-refractivity contribution in [1.29, 1.82) is 0 Å². The van der Waals surface area contributed by atoms with Crippen molar-refractivity contribution in [3.8, 4) is 0 Å². The Bertz CT molecular complexity index is 1070. The van der Waals surface area contributed by atoms with E-state index in [4.69, 9.17) is 4.74 Å². The van der Waals surface area contributed by atoms with E-state index in [2.05, 4.69) is 10.6 Å². The first-order chi connectivity index (χ1) is 15.4. The van der Waals surface area contributed by atoms with Crippen molar-refractivity contribution >= 4 is 46.8 Å². The minimum absolute atomic E-state index is 0.0775. The molecular formula is C23H23N3O5S. The Kier molecular flexibility index (Phi) is 6.45. The highest BCUT2D eigenvalue weighted by molar-refractivity contribution is 8.00. The number of carbonyl (C=O) groups is 4. The van der Waals surface area contributed by atoms with Gasteiger partial charge in [0.15, 0.2) is 6.10 Å². The van der Waals surface area contributed by atoms with Crippen LogP contribution >= 0.6 is 11.8 Å². The molecule has 9 heteroatoms. The van der Waals surface area contributed by atoms with Gasteiger partial charge >= 0.3 is 5.97 Å². The molecule has 2 aromatic carbocycles. The summed E-state index contributed by atoms with van der Waals surface area (Å²) in [6, 6.07) is 14.0. The fourth-order valence-corrected chi connectivity index (χ4v) is 4.18. The van der Waals surface area contributed by atoms with Crippen molar-refractivity contribution in [2.75, 3.05) is 22.5 Å². The third-order valence-electron chi connectivity index (χ3n) is 5.08. The van der Waals surface area contributed by atoms with Gasteiger partial charge in [-0.25, -0.2) is 4.79 Å². The number of anilines is 2. The van der Waals surface area contributed by atoms with Gasteiger partial charge in [0.1, 0.15) is 6.54 Å². The van der Waals surface area contributed by atoms with Gasteiger partial charge in [-0.3, -0.25) is 19.3 Å². The van der Waals surface area contributed by atoms with E-state index in [1.54, 1.807) is 48.5 Å². The zero-order valence-electron chi connectivity index (χ0n) is 17.5. The maximum Gasteiger partial charge on any atom is 0.340 e. The van der Waals surface area contributed by atoms with Crippen LogP contribution in [0, 0.1) is 0 Å². The Morgan fingerprint density at radius 1 is 1.16 bits per heavy atom. The first kappa shape index (κ1) is 21.9. The predicted octanol–water partition coefficient (Wildman–Crippen LogP) is 2.59. The van der Waals surface area contributed by atoms with Crippen molar-refractivity contribution in [1.82, 2.24) is 5.32 Å². The van der Waals surface area contributed by atoms with E-state index >= 15 is 0 Å². The summed E-state index contributed by atoms with van der Waals surface area (Å²) in [7, 11) is 0. The summed E-state index contributed by atoms with van der Waals surface area (Å²) >= 11 is 1.25. The maximum atomic E-state index is 13.0. The summed E-state index contributed by atoms with van der Waals surface area (Å²) in [5, 5.41) is 5.63. The fraction of sp³-hybridized carbons (Fsp3) is 0.304. The molecule has 1 heterocycles. The molecule has 2 aliphatic rings. The molecule has 1 unspecified atom stereocenters. The highest BCUT2D eigenvalue weighted by atomic mass is 32.2. The van der Waals surface area contributed by atoms with Gasteiger partial charge in [0.2, 0.25) is 11.8 Å². The van der Waals surface area contributed by atoms with E-state index in [0.717, 1.165) is 12.8 Å². The monoisotopic (exact) mass is 453 g/mol. The number of hydrogen-bond acceptors (Lipinski definition) is 6. The van der Waals surface area contributed by atoms with Gasteiger partial charge in [0.25, 0.3) is 5.91 Å². The van der Waals surface area contributed by atoms with Crippen LogP contribution in [0.2, 0.25) is 0 Å². The average Bonchev–Trinajstić information content (AvgIpc) is 3.60. The number of benzene rings is 2. The number of rotatable bonds is 7. The van der Waals surface area contributed by atoms with Gasteiger partial charge in [-0.2, -0.15) is 0 Å². The number of fused-ring (bicyclic) bond motifs is 1. The molecule has 1 aliphatic carbocycles. The van der Waals surface area contributed by atoms with Gasteiger partial charge in [0, 0.05) is 10.9 Å². The number of para-hydroxylation sites is 2. The molecule has 0 saturated heterocycles. The van der Waals surface area contributed by atoms with Gasteiger partial charge in [0.05, 0.1) is 22.7 Å². The van der Waals surface area contributed by atoms with Crippen LogP contribution in [0.25, 0.3) is 0 Å². The van der Waals surface area contributed by atoms with E-state index in [1.165, 1.54) is 23.6 Å². The first-order valence-corrected chi connectivity index (χ1v) is 11.3. The van der Waals surface area contributed by atoms with Crippen LogP contribution in [0.5, 0.6) is 0 Å². The van der Waals surface area contributed by atoms with Crippen molar-refractivity contribution < 1.29 is 23.9 Å². The quantitative estimate of drug-likeness (QED) is 0.493. The second kappa shape index (κ2) is 9.44. The molecule has 3 amide bonds. The van der Waals surface area contributed by atoms with Crippen molar-refractivity contribution in [2.45, 2.75) is 36.8 Å². The van der Waals surface area contributed by atoms with Crippen molar-refractivity contribution in [2.24, 2.45) is 0 Å². The lowest BCUT2D eigenvalue weighted by Gasteiger charge is -2.30. The summed E-state index contributed by atoms with van der Waals surface area (Å²) in [6.07, 6.45) is 0.917. The minimum atomic E-state index is -1.10. The number of hydrogen-bond donors (Lipinski definition) is 2. The molecule has 0 aromatic heterocycles. The van der Waals surface area contributed by atoms with Gasteiger partial charge in [-0.05, 0) is 44.0 Å². The Hall–Kier alpha value is -3.33. The molecule has 2 N–H and O–H groups in total. The highest BCUT2D eigenvalue weighted by Crippen LogP contribution is 2.30. The third-order valence-corrected chi connectivity index (χ3v) is 6.15. The molecule has 0 spiro atoms. The summed E-state index contributed by atoms with van der Waals surface area (Å²) in [5.41, 5.74) is 1.37. The summed E-state index contributed by atoms with van der Waals surface area (Å²) in [4.78, 5) is 51.7. The zero-order chi connectivity index (χ0) is 22.7. The number of amides is 3. The Labute approximate surface area is 189 Å². The van der Waals surface area contributed by atoms with Crippen LogP contribution in [-0.2, 0) is 19.1 Å². The highest BCUT2D eigenvalue weighted by Gasteiger charge is 2.32. The molecule has 2 aromatic rings. The lowest BCUT2D eigenvalue weighted by atomic mass is 10.1. The minimum Gasteiger partial charge on any atom is -0.449 e. The van der Waals surface area contributed by atoms with Gasteiger partial charge in [-0.1, -0.05) is 24.3 Å². The smallest absolute Gasteiger partial charge is 0.340 e. The second-order valence-corrected chi connectivity index (χ2v) is 8.68. The average molecular weight is 454 g/mol. The van der Waals surface area contributed by atoms with Crippen LogP contribution in [-0.4, -0.2) is 48.1 Å². The van der Waals surface area contributed by atoms with E-state index in [0.29, 0.717) is 16.3 Å². The van der Waals surface area contributed by atoms with Crippen LogP contribution in [0.15, 0.2) is 53.4 Å². The Balaban J connectivity index is 1.42. The van der Waals surface area contributed by atoms with Crippen LogP contribution in [0.3, 0.4) is 0 Å². The molecule has 166 valence electrons. The number of carbonyl (C=O) groups excluding carboxylic acids is 4. The largest absolute Gasteiger partial charge is 0.449 e. The molecule has 8 nitrogen and oxygen atoms in total. The Morgan fingerprint density at radius 2 is 1.88 bits per heavy atom. The second-order valence-electron chi connectivity index (χ2n) is 7.66. The summed E-state index contributed by atoms with van der Waals surface area (Å²) in [5.74, 6) is -1.36. The molecule has 1 aliphatic heterocycles. The first-order valence-electron chi connectivity index (χ1n) is 10.3. The van der Waals surface area contributed by atoms with E-state index < -0.39 is 18.0 Å². The molecule has 4 rings (SSSR count). The topological polar surface area (TPSA) is 105 Å². The van der Waals surface area contributed by atoms with Crippen LogP contribution < -0.4 is 15.5 Å². The van der Waals surface area contributed by atoms with Crippen molar-refractivity contribution in [3.63, 3.8) is 0 Å². The number of esters is 1. The number of ether oxygens (including phenoxy) is 1. The third kappa shape index (κ3) is 5.11. The molecule has 1 fully saturated rings. The van der Waals surface area contributed by atoms with E-state index in [1.807, 2.05) is 0 Å². The standard InChI is InChI=1S/C23H23N3O5S/c1-14(22(29)26-12-20(27)25-17-7-3-4-8-18(17)26)31-23(30)16-6-2-5-9-19(16)32-13-21(28)24-15-10-11-15/h2-9,14-15H,10-13H2,1H3,(H,24,28)(H,25,27). The molecule has 0 radical (unpaired) electrons. The predicted molar refractivity (Wildman–Crippen MR) is 121 cm³/mol. The number of nitrogens with zero attached hydrogens (tertiary/aromatic N) is 1.